The van der Waals surface area contributed by atoms with Crippen LogP contribution >= 0.6 is 15.9 Å². The summed E-state index contributed by atoms with van der Waals surface area (Å²) in [4.78, 5) is 10.1. The summed E-state index contributed by atoms with van der Waals surface area (Å²) in [6, 6.07) is 22.0. The molecule has 2 nitrogen and oxygen atoms in total. The van der Waals surface area contributed by atoms with E-state index in [4.69, 9.17) is 9.97 Å². The Morgan fingerprint density at radius 2 is 1.30 bits per heavy atom. The van der Waals surface area contributed by atoms with Gasteiger partial charge in [0.1, 0.15) is 0 Å². The molecule has 3 aromatic carbocycles. The van der Waals surface area contributed by atoms with Gasteiger partial charge in [-0.05, 0) is 68.2 Å². The molecule has 1 aliphatic carbocycles. The highest BCUT2D eigenvalue weighted by Gasteiger charge is 2.43. The minimum atomic E-state index is -0.0462. The van der Waals surface area contributed by atoms with Crippen molar-refractivity contribution in [1.82, 2.24) is 9.97 Å². The van der Waals surface area contributed by atoms with Gasteiger partial charge in [0.15, 0.2) is 0 Å². The number of fused-ring (bicyclic) bond motifs is 9. The van der Waals surface area contributed by atoms with Crippen LogP contribution in [0.2, 0.25) is 0 Å². The van der Waals surface area contributed by atoms with Gasteiger partial charge in [-0.2, -0.15) is 0 Å². The van der Waals surface area contributed by atoms with E-state index in [0.717, 1.165) is 34.2 Å². The minimum Gasteiger partial charge on any atom is -0.253 e. The monoisotopic (exact) mass is 452 g/mol. The summed E-state index contributed by atoms with van der Waals surface area (Å²) in [5.74, 6) is 0. The molecule has 3 heteroatoms. The molecule has 0 unspecified atom stereocenters. The highest BCUT2D eigenvalue weighted by Crippen LogP contribution is 2.53. The molecule has 0 N–H and O–H groups in total. The fraction of sp³-hybridized carbons (Fsp3) is 0.185. The first-order valence-electron chi connectivity index (χ1n) is 10.6. The SMILES string of the molecule is CCC1(CC)c2cc(Br)cnc2-c2nc3c4ccccc4c4ccccc4c3cc21. The van der Waals surface area contributed by atoms with Crippen LogP contribution in [0.1, 0.15) is 37.8 Å². The van der Waals surface area contributed by atoms with E-state index >= 15 is 0 Å². The third-order valence-electron chi connectivity index (χ3n) is 7.03. The van der Waals surface area contributed by atoms with Crippen molar-refractivity contribution in [3.8, 4) is 11.4 Å². The van der Waals surface area contributed by atoms with E-state index < -0.39 is 0 Å². The maximum absolute atomic E-state index is 5.32. The number of aromatic nitrogens is 2. The van der Waals surface area contributed by atoms with Gasteiger partial charge in [-0.25, -0.2) is 4.98 Å². The van der Waals surface area contributed by atoms with E-state index in [-0.39, 0.29) is 5.41 Å². The number of hydrogen-bond acceptors (Lipinski definition) is 2. The van der Waals surface area contributed by atoms with E-state index in [1.165, 1.54) is 38.1 Å². The first-order chi connectivity index (χ1) is 14.7. The van der Waals surface area contributed by atoms with E-state index in [9.17, 15) is 0 Å². The predicted molar refractivity (Wildman–Crippen MR) is 129 cm³/mol. The Hall–Kier alpha value is -2.78. The number of pyridine rings is 2. The molecule has 0 fully saturated rings. The number of rotatable bonds is 2. The molecule has 0 spiro atoms. The van der Waals surface area contributed by atoms with Gasteiger partial charge < -0.3 is 0 Å². The predicted octanol–water partition coefficient (Wildman–Crippen LogP) is 7.79. The maximum atomic E-state index is 5.32. The van der Waals surface area contributed by atoms with Crippen molar-refractivity contribution >= 4 is 48.4 Å². The van der Waals surface area contributed by atoms with Crippen molar-refractivity contribution in [2.45, 2.75) is 32.1 Å². The van der Waals surface area contributed by atoms with Crippen LogP contribution in [0.4, 0.5) is 0 Å². The van der Waals surface area contributed by atoms with Crippen LogP contribution in [0.3, 0.4) is 0 Å². The molecule has 0 amide bonds. The third-order valence-corrected chi connectivity index (χ3v) is 7.46. The Labute approximate surface area is 184 Å². The van der Waals surface area contributed by atoms with Crippen molar-refractivity contribution in [2.24, 2.45) is 0 Å². The molecule has 6 rings (SSSR count). The van der Waals surface area contributed by atoms with Gasteiger partial charge in [0.05, 0.1) is 16.9 Å². The van der Waals surface area contributed by atoms with Crippen molar-refractivity contribution in [3.05, 3.63) is 82.5 Å². The number of nitrogens with zero attached hydrogens (tertiary/aromatic N) is 2. The van der Waals surface area contributed by atoms with Crippen LogP contribution in [0.5, 0.6) is 0 Å². The zero-order valence-corrected chi connectivity index (χ0v) is 18.6. The van der Waals surface area contributed by atoms with E-state index in [1.54, 1.807) is 0 Å². The van der Waals surface area contributed by atoms with Crippen LogP contribution in [-0.2, 0) is 5.41 Å². The number of halogens is 1. The molecule has 0 saturated heterocycles. The standard InChI is InChI=1S/C27H21BrN2/c1-3-27(4-2)22-13-16(28)15-29-25(22)26-23(27)14-21-19-11-6-5-9-17(19)18-10-7-8-12-20(18)24(21)30-26/h5-15H,3-4H2,1-2H3. The Morgan fingerprint density at radius 1 is 0.733 bits per heavy atom. The van der Waals surface area contributed by atoms with Gasteiger partial charge >= 0.3 is 0 Å². The minimum absolute atomic E-state index is 0.0462. The van der Waals surface area contributed by atoms with E-state index in [1.807, 2.05) is 6.20 Å². The first-order valence-corrected chi connectivity index (χ1v) is 11.4. The topological polar surface area (TPSA) is 25.8 Å². The highest BCUT2D eigenvalue weighted by molar-refractivity contribution is 9.10. The Bertz CT molecular complexity index is 1480. The van der Waals surface area contributed by atoms with E-state index in [2.05, 4.69) is 90.4 Å². The lowest BCUT2D eigenvalue weighted by Gasteiger charge is -2.29. The fourth-order valence-electron chi connectivity index (χ4n) is 5.50. The molecule has 0 radical (unpaired) electrons. The molecule has 0 saturated carbocycles. The van der Waals surface area contributed by atoms with Crippen LogP contribution in [0, 0.1) is 0 Å². The van der Waals surface area contributed by atoms with Crippen LogP contribution in [-0.4, -0.2) is 9.97 Å². The fourth-order valence-corrected chi connectivity index (χ4v) is 5.83. The molecular formula is C27H21BrN2. The zero-order chi connectivity index (χ0) is 20.5. The molecule has 0 atom stereocenters. The van der Waals surface area contributed by atoms with Crippen LogP contribution < -0.4 is 0 Å². The first kappa shape index (κ1) is 18.0. The quantitative estimate of drug-likeness (QED) is 0.255. The van der Waals surface area contributed by atoms with Gasteiger partial charge in [0.25, 0.3) is 0 Å². The summed E-state index contributed by atoms with van der Waals surface area (Å²) < 4.78 is 1.03. The lowest BCUT2D eigenvalue weighted by molar-refractivity contribution is 0.489. The lowest BCUT2D eigenvalue weighted by Crippen LogP contribution is -2.23. The second-order valence-corrected chi connectivity index (χ2v) is 9.13. The molecule has 2 aromatic heterocycles. The second-order valence-electron chi connectivity index (χ2n) is 8.21. The van der Waals surface area contributed by atoms with Crippen molar-refractivity contribution in [1.29, 1.82) is 0 Å². The largest absolute Gasteiger partial charge is 0.253 e. The molecule has 1 aliphatic rings. The summed E-state index contributed by atoms with van der Waals surface area (Å²) in [6.07, 6.45) is 3.95. The van der Waals surface area contributed by atoms with Gasteiger partial charge in [0, 0.05) is 26.9 Å². The second kappa shape index (κ2) is 6.36. The Morgan fingerprint density at radius 3 is 1.97 bits per heavy atom. The average Bonchev–Trinajstić information content (AvgIpc) is 3.06. The van der Waals surface area contributed by atoms with Crippen molar-refractivity contribution in [3.63, 3.8) is 0 Å². The zero-order valence-electron chi connectivity index (χ0n) is 17.0. The summed E-state index contributed by atoms with van der Waals surface area (Å²) in [7, 11) is 0. The smallest absolute Gasteiger partial charge is 0.0938 e. The molecule has 5 aromatic rings. The third kappa shape index (κ3) is 2.19. The summed E-state index contributed by atoms with van der Waals surface area (Å²) in [6.45, 7) is 4.57. The summed E-state index contributed by atoms with van der Waals surface area (Å²) in [5, 5.41) is 6.26. The lowest BCUT2D eigenvalue weighted by atomic mass is 9.74. The molecule has 146 valence electrons. The van der Waals surface area contributed by atoms with E-state index in [0.29, 0.717) is 0 Å². The molecule has 0 bridgehead atoms. The number of hydrogen-bond donors (Lipinski definition) is 0. The number of benzene rings is 3. The van der Waals surface area contributed by atoms with Gasteiger partial charge in [0.2, 0.25) is 0 Å². The van der Waals surface area contributed by atoms with Gasteiger partial charge in [-0.3, -0.25) is 4.98 Å². The van der Waals surface area contributed by atoms with Crippen molar-refractivity contribution in [2.75, 3.05) is 0 Å². The molecule has 2 heterocycles. The molecular weight excluding hydrogens is 432 g/mol. The highest BCUT2D eigenvalue weighted by atomic mass is 79.9. The normalized spacial score (nSPS) is 14.4. The summed E-state index contributed by atoms with van der Waals surface area (Å²) in [5.41, 5.74) is 5.73. The molecule has 0 aliphatic heterocycles. The van der Waals surface area contributed by atoms with Crippen molar-refractivity contribution < 1.29 is 0 Å². The Balaban J connectivity index is 1.85. The summed E-state index contributed by atoms with van der Waals surface area (Å²) >= 11 is 3.65. The van der Waals surface area contributed by atoms with Crippen LogP contribution in [0.15, 0.2) is 71.3 Å². The average molecular weight is 453 g/mol. The van der Waals surface area contributed by atoms with Gasteiger partial charge in [-0.15, -0.1) is 0 Å². The molecule has 30 heavy (non-hydrogen) atoms. The van der Waals surface area contributed by atoms with Gasteiger partial charge in [-0.1, -0.05) is 62.4 Å². The van der Waals surface area contributed by atoms with Crippen LogP contribution in [0.25, 0.3) is 43.8 Å². The Kier molecular flexibility index (Phi) is 3.82. The maximum Gasteiger partial charge on any atom is 0.0938 e.